The molecule has 16 nitrogen and oxygen atoms in total. The summed E-state index contributed by atoms with van der Waals surface area (Å²) in [6.07, 6.45) is 5.32. The number of carboxylic acids is 2. The lowest BCUT2D eigenvalue weighted by molar-refractivity contribution is -0.143. The van der Waals surface area contributed by atoms with Crippen molar-refractivity contribution < 1.29 is 56.8 Å². The molecule has 2 aromatic rings. The molecule has 0 fully saturated rings. The number of sulfone groups is 1. The highest BCUT2D eigenvalue weighted by atomic mass is 32.2. The van der Waals surface area contributed by atoms with Gasteiger partial charge in [0.1, 0.15) is 24.8 Å². The Labute approximate surface area is 273 Å². The zero-order valence-electron chi connectivity index (χ0n) is 26.1. The van der Waals surface area contributed by atoms with Crippen LogP contribution in [0, 0.1) is 0 Å². The summed E-state index contributed by atoms with van der Waals surface area (Å²) in [5.74, 6) is -3.06. The lowest BCUT2D eigenvalue weighted by atomic mass is 10.1. The van der Waals surface area contributed by atoms with Crippen molar-refractivity contribution in [3.05, 3.63) is 53.6 Å². The molecule has 0 bridgehead atoms. The van der Waals surface area contributed by atoms with E-state index in [9.17, 15) is 27.6 Å². The van der Waals surface area contributed by atoms with Gasteiger partial charge in [-0.1, -0.05) is 18.6 Å². The number of hydrogen-bond acceptors (Lipinski definition) is 12. The van der Waals surface area contributed by atoms with E-state index in [-0.39, 0.29) is 87.9 Å². The molecule has 0 spiro atoms. The summed E-state index contributed by atoms with van der Waals surface area (Å²) in [7, 11) is -3.73. The predicted octanol–water partition coefficient (Wildman–Crippen LogP) is 0.635. The number of nitrogens with zero attached hydrogens (tertiary/aromatic N) is 2. The first-order chi connectivity index (χ1) is 22.6. The van der Waals surface area contributed by atoms with E-state index in [4.69, 9.17) is 29.2 Å². The van der Waals surface area contributed by atoms with Crippen molar-refractivity contribution in [2.45, 2.75) is 42.8 Å². The van der Waals surface area contributed by atoms with E-state index in [0.29, 0.717) is 12.8 Å². The molecule has 0 radical (unpaired) electrons. The molecule has 260 valence electrons. The van der Waals surface area contributed by atoms with Crippen molar-refractivity contribution in [2.24, 2.45) is 0 Å². The van der Waals surface area contributed by atoms with E-state index in [1.807, 2.05) is 6.07 Å². The van der Waals surface area contributed by atoms with Crippen molar-refractivity contribution in [3.8, 4) is 0 Å². The minimum atomic E-state index is -3.73. The lowest BCUT2D eigenvalue weighted by Gasteiger charge is -2.09. The highest BCUT2D eigenvalue weighted by molar-refractivity contribution is 7.90. The van der Waals surface area contributed by atoms with Crippen LogP contribution in [0.1, 0.15) is 47.4 Å². The van der Waals surface area contributed by atoms with Crippen molar-refractivity contribution in [1.82, 2.24) is 20.6 Å². The Kier molecular flexibility index (Phi) is 18.7. The predicted molar refractivity (Wildman–Crippen MR) is 165 cm³/mol. The monoisotopic (exact) mass is 682 g/mol. The van der Waals surface area contributed by atoms with Crippen molar-refractivity contribution in [3.63, 3.8) is 0 Å². The van der Waals surface area contributed by atoms with E-state index in [1.54, 1.807) is 12.1 Å². The molecular formula is C30H42N4O12S. The smallest absolute Gasteiger partial charge is 0.329 e. The van der Waals surface area contributed by atoms with E-state index in [2.05, 4.69) is 20.6 Å². The van der Waals surface area contributed by atoms with Gasteiger partial charge in [0, 0.05) is 31.9 Å². The number of ether oxygens (including phenoxy) is 4. The maximum atomic E-state index is 12.9. The van der Waals surface area contributed by atoms with Crippen LogP contribution >= 0.6 is 0 Å². The Morgan fingerprint density at radius 1 is 0.745 bits per heavy atom. The molecule has 2 amide bonds. The molecule has 0 saturated heterocycles. The van der Waals surface area contributed by atoms with Crippen molar-refractivity contribution >= 4 is 33.6 Å². The van der Waals surface area contributed by atoms with Gasteiger partial charge in [-0.25, -0.2) is 23.2 Å². The second-order valence-electron chi connectivity index (χ2n) is 10.1. The molecule has 4 N–H and O–H groups in total. The summed E-state index contributed by atoms with van der Waals surface area (Å²) in [4.78, 5) is 53.2. The molecule has 1 aromatic carbocycles. The Morgan fingerprint density at radius 3 is 2.04 bits per heavy atom. The first kappa shape index (κ1) is 39.1. The van der Waals surface area contributed by atoms with E-state index >= 15 is 0 Å². The van der Waals surface area contributed by atoms with E-state index in [1.165, 1.54) is 18.5 Å². The minimum absolute atomic E-state index is 0.0473. The highest BCUT2D eigenvalue weighted by Crippen LogP contribution is 2.18. The number of carbonyl (C=O) groups excluding carboxylic acids is 2. The normalized spacial score (nSPS) is 11.2. The fourth-order valence-electron chi connectivity index (χ4n) is 3.89. The van der Waals surface area contributed by atoms with Gasteiger partial charge in [-0.3, -0.25) is 14.4 Å². The van der Waals surface area contributed by atoms with Gasteiger partial charge in [0.25, 0.3) is 5.91 Å². The van der Waals surface area contributed by atoms with Crippen LogP contribution in [0.2, 0.25) is 0 Å². The number of amides is 2. The van der Waals surface area contributed by atoms with Crippen molar-refractivity contribution in [1.29, 1.82) is 0 Å². The molecule has 47 heavy (non-hydrogen) atoms. The molecule has 0 unspecified atom stereocenters. The molecule has 0 saturated carbocycles. The number of rotatable bonds is 26. The number of hydrogen-bond donors (Lipinski definition) is 4. The second-order valence-corrected chi connectivity index (χ2v) is 12.1. The number of aryl methyl sites for hydroxylation is 1. The molecule has 0 aliphatic rings. The molecule has 0 aliphatic heterocycles. The summed E-state index contributed by atoms with van der Waals surface area (Å²) in [6, 6.07) is 6.60. The topological polar surface area (TPSA) is 230 Å². The van der Waals surface area contributed by atoms with Gasteiger partial charge in [-0.2, -0.15) is 0 Å². The number of nitrogens with one attached hydrogen (secondary N) is 2. The van der Waals surface area contributed by atoms with E-state index < -0.39 is 40.0 Å². The van der Waals surface area contributed by atoms with Crippen LogP contribution in [0.4, 0.5) is 0 Å². The first-order valence-electron chi connectivity index (χ1n) is 15.0. The van der Waals surface area contributed by atoms with Gasteiger partial charge in [0.2, 0.25) is 5.91 Å². The summed E-state index contributed by atoms with van der Waals surface area (Å²) in [5.41, 5.74) is 0.996. The molecular weight excluding hydrogens is 640 g/mol. The van der Waals surface area contributed by atoms with Gasteiger partial charge >= 0.3 is 11.9 Å². The highest BCUT2D eigenvalue weighted by Gasteiger charge is 2.18. The zero-order valence-corrected chi connectivity index (χ0v) is 26.9. The van der Waals surface area contributed by atoms with Gasteiger partial charge in [0.05, 0.1) is 50.1 Å². The van der Waals surface area contributed by atoms with E-state index in [0.717, 1.165) is 18.4 Å². The van der Waals surface area contributed by atoms with Crippen LogP contribution in [-0.4, -0.2) is 118 Å². The maximum absolute atomic E-state index is 12.9. The van der Waals surface area contributed by atoms with Gasteiger partial charge < -0.3 is 39.8 Å². The van der Waals surface area contributed by atoms with Crippen LogP contribution < -0.4 is 10.6 Å². The molecule has 1 aromatic heterocycles. The van der Waals surface area contributed by atoms with Crippen LogP contribution in [-0.2, 0) is 55.3 Å². The average molecular weight is 683 g/mol. The SMILES string of the molecule is O=C(O)CCCCCc1cccc(S(=O)(=O)Cc2ncc(C(=O)NCCOCCOCC(=O)NCCOCCOCC(=O)O)cn2)c1. The van der Waals surface area contributed by atoms with Crippen LogP contribution in [0.3, 0.4) is 0 Å². The van der Waals surface area contributed by atoms with Crippen molar-refractivity contribution in [2.75, 3.05) is 65.9 Å². The summed E-state index contributed by atoms with van der Waals surface area (Å²) >= 11 is 0. The Bertz CT molecular complexity index is 1370. The second kappa shape index (κ2) is 22.5. The Morgan fingerprint density at radius 2 is 1.38 bits per heavy atom. The number of carboxylic acid groups (broad SMARTS) is 2. The standard InChI is InChI=1S/C30H42N4O12S/c35-27(31-9-11-43-14-16-46-21-29(38)39)20-45-15-13-44-12-10-32-30(40)24-18-33-26(34-19-24)22-47(41,42)25-7-4-6-23(17-25)5-2-1-3-8-28(36)37/h4,6-7,17-19H,1-3,5,8-16,20-22H2,(H,31,35)(H,32,40)(H,36,37)(H,38,39). The third kappa shape index (κ3) is 18.0. The van der Waals surface area contributed by atoms with Crippen LogP contribution in [0.5, 0.6) is 0 Å². The fourth-order valence-corrected chi connectivity index (χ4v) is 5.17. The third-order valence-corrected chi connectivity index (χ3v) is 7.81. The van der Waals surface area contributed by atoms with Gasteiger partial charge in [0.15, 0.2) is 9.84 Å². The average Bonchev–Trinajstić information content (AvgIpc) is 3.03. The quantitative estimate of drug-likeness (QED) is 0.0998. The largest absolute Gasteiger partial charge is 0.481 e. The number of unbranched alkanes of at least 4 members (excludes halogenated alkanes) is 2. The number of aromatic nitrogens is 2. The van der Waals surface area contributed by atoms with Gasteiger partial charge in [-0.05, 0) is 37.0 Å². The third-order valence-electron chi connectivity index (χ3n) is 6.20. The van der Waals surface area contributed by atoms with Gasteiger partial charge in [-0.15, -0.1) is 0 Å². The number of aliphatic carboxylic acids is 2. The number of benzene rings is 1. The molecule has 0 aliphatic carbocycles. The molecule has 0 atom stereocenters. The molecule has 1 heterocycles. The molecule has 2 rings (SSSR count). The fraction of sp³-hybridized carbons (Fsp3) is 0.533. The zero-order chi connectivity index (χ0) is 34.3. The summed E-state index contributed by atoms with van der Waals surface area (Å²) in [6.45, 7) is 1.04. The van der Waals surface area contributed by atoms with Crippen LogP contribution in [0.15, 0.2) is 41.6 Å². The minimum Gasteiger partial charge on any atom is -0.481 e. The maximum Gasteiger partial charge on any atom is 0.329 e. The first-order valence-corrected chi connectivity index (χ1v) is 16.6. The lowest BCUT2D eigenvalue weighted by Crippen LogP contribution is -2.31. The number of carbonyl (C=O) groups is 4. The summed E-state index contributed by atoms with van der Waals surface area (Å²) in [5, 5.41) is 22.4. The van der Waals surface area contributed by atoms with Crippen LogP contribution in [0.25, 0.3) is 0 Å². The Hall–Kier alpha value is -4.03. The Balaban J connectivity index is 1.58. The summed E-state index contributed by atoms with van der Waals surface area (Å²) < 4.78 is 46.5. The molecule has 17 heteroatoms.